The molecule has 0 saturated carbocycles. The van der Waals surface area contributed by atoms with Crippen LogP contribution in [0.15, 0.2) is 46.9 Å². The Bertz CT molecular complexity index is 650. The molecule has 1 amide bonds. The van der Waals surface area contributed by atoms with Gasteiger partial charge < -0.3 is 10.1 Å². The smallest absolute Gasteiger partial charge is 0.407 e. The van der Waals surface area contributed by atoms with Gasteiger partial charge in [0.25, 0.3) is 0 Å². The summed E-state index contributed by atoms with van der Waals surface area (Å²) in [4.78, 5) is 11.5. The molecule has 0 saturated heterocycles. The van der Waals surface area contributed by atoms with Crippen LogP contribution in [-0.2, 0) is 17.8 Å². The maximum atomic E-state index is 13.7. The number of alkyl carbamates (subject to hydrolysis) is 1. The third-order valence-electron chi connectivity index (χ3n) is 3.00. The van der Waals surface area contributed by atoms with E-state index in [1.54, 1.807) is 0 Å². The molecule has 0 fully saturated rings. The number of halogens is 3. The Morgan fingerprint density at radius 2 is 1.86 bits per heavy atom. The third-order valence-corrected chi connectivity index (χ3v) is 3.61. The Balaban J connectivity index is 1.79. The van der Waals surface area contributed by atoms with Gasteiger partial charge in [-0.2, -0.15) is 0 Å². The molecule has 2 aromatic carbocycles. The van der Waals surface area contributed by atoms with Gasteiger partial charge in [0.15, 0.2) is 0 Å². The standard InChI is InChI=1S/C16H14BrF2NO2/c17-13-6-7-14(18)12(15(13)19)8-9-20-16(21)22-10-11-4-2-1-3-5-11/h1-7H,8-10H2,(H,20,21). The molecule has 0 atom stereocenters. The highest BCUT2D eigenvalue weighted by molar-refractivity contribution is 9.10. The monoisotopic (exact) mass is 369 g/mol. The molecule has 22 heavy (non-hydrogen) atoms. The molecule has 1 N–H and O–H groups in total. The predicted molar refractivity (Wildman–Crippen MR) is 82.4 cm³/mol. The molecule has 0 unspecified atom stereocenters. The summed E-state index contributed by atoms with van der Waals surface area (Å²) in [7, 11) is 0. The van der Waals surface area contributed by atoms with Crippen molar-refractivity contribution in [3.63, 3.8) is 0 Å². The molecule has 116 valence electrons. The van der Waals surface area contributed by atoms with Crippen LogP contribution in [0.5, 0.6) is 0 Å². The molecular weight excluding hydrogens is 356 g/mol. The van der Waals surface area contributed by atoms with Crippen LogP contribution < -0.4 is 5.32 Å². The molecule has 0 aliphatic heterocycles. The Kier molecular flexibility index (Phi) is 5.89. The molecule has 3 nitrogen and oxygen atoms in total. The van der Waals surface area contributed by atoms with Crippen molar-refractivity contribution in [3.8, 4) is 0 Å². The van der Waals surface area contributed by atoms with E-state index in [0.29, 0.717) is 0 Å². The van der Waals surface area contributed by atoms with Crippen LogP contribution in [0.1, 0.15) is 11.1 Å². The summed E-state index contributed by atoms with van der Waals surface area (Å²) in [5.74, 6) is -1.29. The zero-order chi connectivity index (χ0) is 15.9. The second-order valence-corrected chi connectivity index (χ2v) is 5.41. The van der Waals surface area contributed by atoms with Crippen molar-refractivity contribution in [2.75, 3.05) is 6.54 Å². The van der Waals surface area contributed by atoms with E-state index in [1.807, 2.05) is 30.3 Å². The van der Waals surface area contributed by atoms with Gasteiger partial charge in [-0.05, 0) is 40.0 Å². The van der Waals surface area contributed by atoms with E-state index in [4.69, 9.17) is 4.74 Å². The molecule has 0 radical (unpaired) electrons. The topological polar surface area (TPSA) is 38.3 Å². The predicted octanol–water partition coefficient (Wildman–Crippen LogP) is 4.20. The lowest BCUT2D eigenvalue weighted by Gasteiger charge is -2.09. The first-order chi connectivity index (χ1) is 10.6. The quantitative estimate of drug-likeness (QED) is 0.802. The fraction of sp³-hybridized carbons (Fsp3) is 0.188. The zero-order valence-electron chi connectivity index (χ0n) is 11.6. The van der Waals surface area contributed by atoms with Gasteiger partial charge in [-0.1, -0.05) is 30.3 Å². The van der Waals surface area contributed by atoms with Crippen molar-refractivity contribution >= 4 is 22.0 Å². The number of carbonyl (C=O) groups excluding carboxylic acids is 1. The van der Waals surface area contributed by atoms with Crippen LogP contribution in [0.4, 0.5) is 13.6 Å². The van der Waals surface area contributed by atoms with E-state index in [9.17, 15) is 13.6 Å². The highest BCUT2D eigenvalue weighted by Gasteiger charge is 2.12. The molecule has 0 aliphatic rings. The number of amides is 1. The molecule has 0 aliphatic carbocycles. The van der Waals surface area contributed by atoms with Crippen LogP contribution in [-0.4, -0.2) is 12.6 Å². The Labute approximate surface area is 135 Å². The second kappa shape index (κ2) is 7.89. The van der Waals surface area contributed by atoms with Gasteiger partial charge in [0.1, 0.15) is 18.2 Å². The van der Waals surface area contributed by atoms with E-state index < -0.39 is 17.7 Å². The average Bonchev–Trinajstić information content (AvgIpc) is 2.53. The number of benzene rings is 2. The van der Waals surface area contributed by atoms with Gasteiger partial charge in [0, 0.05) is 12.1 Å². The molecular formula is C16H14BrF2NO2. The van der Waals surface area contributed by atoms with Crippen molar-refractivity contribution in [3.05, 3.63) is 69.7 Å². The van der Waals surface area contributed by atoms with Gasteiger partial charge >= 0.3 is 6.09 Å². The van der Waals surface area contributed by atoms with Gasteiger partial charge in [-0.25, -0.2) is 13.6 Å². The van der Waals surface area contributed by atoms with Gasteiger partial charge in [0.2, 0.25) is 0 Å². The number of ether oxygens (including phenoxy) is 1. The van der Waals surface area contributed by atoms with E-state index in [0.717, 1.165) is 5.56 Å². The third kappa shape index (κ3) is 4.53. The van der Waals surface area contributed by atoms with Crippen molar-refractivity contribution in [2.24, 2.45) is 0 Å². The number of rotatable bonds is 5. The number of carbonyl (C=O) groups is 1. The van der Waals surface area contributed by atoms with E-state index in [1.165, 1.54) is 12.1 Å². The highest BCUT2D eigenvalue weighted by Crippen LogP contribution is 2.21. The normalized spacial score (nSPS) is 10.3. The average molecular weight is 370 g/mol. The first-order valence-corrected chi connectivity index (χ1v) is 7.44. The Morgan fingerprint density at radius 1 is 1.14 bits per heavy atom. The maximum absolute atomic E-state index is 13.7. The molecule has 2 aromatic rings. The van der Waals surface area contributed by atoms with Crippen LogP contribution >= 0.6 is 15.9 Å². The van der Waals surface area contributed by atoms with Crippen molar-refractivity contribution in [1.82, 2.24) is 5.32 Å². The summed E-state index contributed by atoms with van der Waals surface area (Å²) in [6.07, 6.45) is -0.586. The Hall–Kier alpha value is -1.95. The minimum absolute atomic E-state index is 0.0392. The summed E-state index contributed by atoms with van der Waals surface area (Å²) in [6.45, 7) is 0.226. The fourth-order valence-electron chi connectivity index (χ4n) is 1.86. The van der Waals surface area contributed by atoms with Crippen molar-refractivity contribution in [1.29, 1.82) is 0 Å². The van der Waals surface area contributed by atoms with Crippen LogP contribution in [0.25, 0.3) is 0 Å². The van der Waals surface area contributed by atoms with Crippen molar-refractivity contribution in [2.45, 2.75) is 13.0 Å². The number of nitrogens with one attached hydrogen (secondary N) is 1. The minimum atomic E-state index is -0.653. The lowest BCUT2D eigenvalue weighted by molar-refractivity contribution is 0.139. The lowest BCUT2D eigenvalue weighted by Crippen LogP contribution is -2.26. The highest BCUT2D eigenvalue weighted by atomic mass is 79.9. The lowest BCUT2D eigenvalue weighted by atomic mass is 10.1. The maximum Gasteiger partial charge on any atom is 0.407 e. The van der Waals surface area contributed by atoms with Crippen LogP contribution in [0.3, 0.4) is 0 Å². The largest absolute Gasteiger partial charge is 0.445 e. The molecule has 0 heterocycles. The molecule has 0 spiro atoms. The van der Waals surface area contributed by atoms with Crippen LogP contribution in [0.2, 0.25) is 0 Å². The van der Waals surface area contributed by atoms with Crippen molar-refractivity contribution < 1.29 is 18.3 Å². The summed E-state index contributed by atoms with van der Waals surface area (Å²) in [5, 5.41) is 2.47. The molecule has 0 aromatic heterocycles. The Morgan fingerprint density at radius 3 is 2.59 bits per heavy atom. The number of hydrogen-bond acceptors (Lipinski definition) is 2. The summed E-state index contributed by atoms with van der Waals surface area (Å²) in [6, 6.07) is 11.7. The molecule has 0 bridgehead atoms. The van der Waals surface area contributed by atoms with E-state index in [-0.39, 0.29) is 29.6 Å². The first-order valence-electron chi connectivity index (χ1n) is 6.65. The summed E-state index contributed by atoms with van der Waals surface area (Å²) < 4.78 is 32.4. The van der Waals surface area contributed by atoms with Crippen LogP contribution in [0, 0.1) is 11.6 Å². The van der Waals surface area contributed by atoms with Gasteiger partial charge in [0.05, 0.1) is 4.47 Å². The fourth-order valence-corrected chi connectivity index (χ4v) is 2.23. The number of hydrogen-bond donors (Lipinski definition) is 1. The zero-order valence-corrected chi connectivity index (χ0v) is 13.2. The SMILES string of the molecule is O=C(NCCc1c(F)ccc(Br)c1F)OCc1ccccc1. The van der Waals surface area contributed by atoms with E-state index >= 15 is 0 Å². The van der Waals surface area contributed by atoms with Gasteiger partial charge in [-0.15, -0.1) is 0 Å². The summed E-state index contributed by atoms with van der Waals surface area (Å²) >= 11 is 3.00. The molecule has 2 rings (SSSR count). The first kappa shape index (κ1) is 16.4. The van der Waals surface area contributed by atoms with Gasteiger partial charge in [-0.3, -0.25) is 0 Å². The second-order valence-electron chi connectivity index (χ2n) is 4.56. The summed E-state index contributed by atoms with van der Waals surface area (Å²) in [5.41, 5.74) is 0.791. The minimum Gasteiger partial charge on any atom is -0.445 e. The van der Waals surface area contributed by atoms with E-state index in [2.05, 4.69) is 21.2 Å². The molecule has 6 heteroatoms.